The predicted octanol–water partition coefficient (Wildman–Crippen LogP) is 1.62. The molecular formula is C19H29N3O4S. The van der Waals surface area contributed by atoms with Crippen molar-refractivity contribution in [2.75, 3.05) is 51.3 Å². The maximum Gasteiger partial charge on any atom is 0.243 e. The number of carbonyl (C=O) groups excluding carboxylic acids is 1. The van der Waals surface area contributed by atoms with E-state index in [0.29, 0.717) is 50.4 Å². The molecule has 0 bridgehead atoms. The largest absolute Gasteiger partial charge is 0.379 e. The Hall–Kier alpha value is -1.48. The highest BCUT2D eigenvalue weighted by atomic mass is 32.2. The van der Waals surface area contributed by atoms with Gasteiger partial charge in [0.2, 0.25) is 15.9 Å². The van der Waals surface area contributed by atoms with E-state index in [1.54, 1.807) is 24.3 Å². The molecule has 2 fully saturated rings. The molecule has 2 atom stereocenters. The standard InChI is InChI=1S/C19H29N3O4S/c1-15-11-16(2)13-21(12-15)14-19(23)20-17-3-5-18(6-4-17)27(24,25)22-7-9-26-10-8-22/h3-6,15-16H,7-14H2,1-2H3,(H,20,23). The maximum absolute atomic E-state index is 12.6. The average Bonchev–Trinajstić information content (AvgIpc) is 2.62. The molecule has 2 heterocycles. The minimum atomic E-state index is -3.51. The van der Waals surface area contributed by atoms with Crippen molar-refractivity contribution in [3.63, 3.8) is 0 Å². The van der Waals surface area contributed by atoms with Crippen molar-refractivity contribution in [2.45, 2.75) is 25.2 Å². The Kier molecular flexibility index (Phi) is 6.52. The molecule has 0 radical (unpaired) electrons. The number of hydrogen-bond donors (Lipinski definition) is 1. The minimum absolute atomic E-state index is 0.0694. The Labute approximate surface area is 161 Å². The molecule has 3 rings (SSSR count). The third kappa shape index (κ3) is 5.28. The van der Waals surface area contributed by atoms with Crippen LogP contribution in [0.1, 0.15) is 20.3 Å². The van der Waals surface area contributed by atoms with E-state index in [2.05, 4.69) is 24.1 Å². The summed E-state index contributed by atoms with van der Waals surface area (Å²) in [6.07, 6.45) is 1.21. The molecule has 150 valence electrons. The highest BCUT2D eigenvalue weighted by Gasteiger charge is 2.26. The Balaban J connectivity index is 1.58. The molecule has 2 aliphatic heterocycles. The molecule has 8 heteroatoms. The molecule has 0 aliphatic carbocycles. The van der Waals surface area contributed by atoms with Crippen LogP contribution in [-0.4, -0.2) is 69.5 Å². The van der Waals surface area contributed by atoms with Crippen LogP contribution in [-0.2, 0) is 19.6 Å². The lowest BCUT2D eigenvalue weighted by molar-refractivity contribution is -0.117. The van der Waals surface area contributed by atoms with E-state index in [0.717, 1.165) is 13.1 Å². The zero-order valence-corrected chi connectivity index (χ0v) is 16.9. The number of carbonyl (C=O) groups is 1. The van der Waals surface area contributed by atoms with Crippen LogP contribution in [0.4, 0.5) is 5.69 Å². The summed E-state index contributed by atoms with van der Waals surface area (Å²) in [6.45, 7) is 8.25. The van der Waals surface area contributed by atoms with Crippen molar-refractivity contribution >= 4 is 21.6 Å². The number of amides is 1. The number of rotatable bonds is 5. The molecule has 0 aromatic heterocycles. The van der Waals surface area contributed by atoms with Crippen LogP contribution in [0.3, 0.4) is 0 Å². The van der Waals surface area contributed by atoms with Crippen molar-refractivity contribution < 1.29 is 17.9 Å². The quantitative estimate of drug-likeness (QED) is 0.820. The fourth-order valence-corrected chi connectivity index (χ4v) is 5.38. The fourth-order valence-electron chi connectivity index (χ4n) is 3.97. The van der Waals surface area contributed by atoms with Crippen LogP contribution in [0.25, 0.3) is 0 Å². The van der Waals surface area contributed by atoms with Gasteiger partial charge in [0.25, 0.3) is 0 Å². The second-order valence-electron chi connectivity index (χ2n) is 7.73. The molecule has 1 aromatic rings. The smallest absolute Gasteiger partial charge is 0.243 e. The normalized spacial score (nSPS) is 25.3. The summed E-state index contributed by atoms with van der Waals surface area (Å²) in [5, 5.41) is 2.87. The van der Waals surface area contributed by atoms with Crippen LogP contribution >= 0.6 is 0 Å². The number of morpholine rings is 1. The van der Waals surface area contributed by atoms with Gasteiger partial charge in [-0.25, -0.2) is 8.42 Å². The first-order chi connectivity index (χ1) is 12.8. The van der Waals surface area contributed by atoms with Crippen molar-refractivity contribution in [1.82, 2.24) is 9.21 Å². The highest BCUT2D eigenvalue weighted by molar-refractivity contribution is 7.89. The topological polar surface area (TPSA) is 79.0 Å². The van der Waals surface area contributed by atoms with Gasteiger partial charge in [0.15, 0.2) is 0 Å². The van der Waals surface area contributed by atoms with Crippen LogP contribution in [0.2, 0.25) is 0 Å². The molecule has 0 saturated carbocycles. The van der Waals surface area contributed by atoms with Gasteiger partial charge < -0.3 is 10.1 Å². The number of ether oxygens (including phenoxy) is 1. The molecule has 2 unspecified atom stereocenters. The Morgan fingerprint density at radius 1 is 1.11 bits per heavy atom. The molecule has 1 amide bonds. The number of likely N-dealkylation sites (tertiary alicyclic amines) is 1. The number of hydrogen-bond acceptors (Lipinski definition) is 5. The summed E-state index contributed by atoms with van der Waals surface area (Å²) in [6, 6.07) is 6.39. The summed E-state index contributed by atoms with van der Waals surface area (Å²) >= 11 is 0. The van der Waals surface area contributed by atoms with E-state index in [4.69, 9.17) is 4.74 Å². The minimum Gasteiger partial charge on any atom is -0.379 e. The van der Waals surface area contributed by atoms with Gasteiger partial charge >= 0.3 is 0 Å². The first-order valence-corrected chi connectivity index (χ1v) is 11.0. The zero-order chi connectivity index (χ0) is 19.4. The molecule has 27 heavy (non-hydrogen) atoms. The lowest BCUT2D eigenvalue weighted by Gasteiger charge is -2.34. The number of nitrogens with one attached hydrogen (secondary N) is 1. The lowest BCUT2D eigenvalue weighted by atomic mass is 9.92. The van der Waals surface area contributed by atoms with Gasteiger partial charge in [-0.05, 0) is 42.5 Å². The van der Waals surface area contributed by atoms with Gasteiger partial charge in [-0.3, -0.25) is 9.69 Å². The van der Waals surface area contributed by atoms with E-state index in [1.807, 2.05) is 0 Å². The van der Waals surface area contributed by atoms with Gasteiger partial charge in [-0.2, -0.15) is 4.31 Å². The van der Waals surface area contributed by atoms with Gasteiger partial charge in [-0.15, -0.1) is 0 Å². The lowest BCUT2D eigenvalue weighted by Crippen LogP contribution is -2.42. The number of piperidine rings is 1. The first kappa shape index (κ1) is 20.3. The molecular weight excluding hydrogens is 366 g/mol. The van der Waals surface area contributed by atoms with Crippen molar-refractivity contribution in [1.29, 1.82) is 0 Å². The molecule has 1 N–H and O–H groups in total. The van der Waals surface area contributed by atoms with Crippen LogP contribution in [0.5, 0.6) is 0 Å². The SMILES string of the molecule is CC1CC(C)CN(CC(=O)Nc2ccc(S(=O)(=O)N3CCOCC3)cc2)C1. The summed E-state index contributed by atoms with van der Waals surface area (Å²) in [5.74, 6) is 1.14. The van der Waals surface area contributed by atoms with Gasteiger partial charge in [-0.1, -0.05) is 13.8 Å². The summed E-state index contributed by atoms with van der Waals surface area (Å²) < 4.78 is 31.9. The molecule has 2 saturated heterocycles. The van der Waals surface area contributed by atoms with Crippen LogP contribution < -0.4 is 5.32 Å². The second kappa shape index (κ2) is 8.68. The van der Waals surface area contributed by atoms with E-state index in [9.17, 15) is 13.2 Å². The average molecular weight is 396 g/mol. The third-order valence-electron chi connectivity index (χ3n) is 5.06. The van der Waals surface area contributed by atoms with E-state index < -0.39 is 10.0 Å². The molecule has 0 spiro atoms. The molecule has 2 aliphatic rings. The monoisotopic (exact) mass is 395 g/mol. The first-order valence-electron chi connectivity index (χ1n) is 9.55. The van der Waals surface area contributed by atoms with Crippen molar-refractivity contribution in [3.8, 4) is 0 Å². The van der Waals surface area contributed by atoms with Crippen molar-refractivity contribution in [2.24, 2.45) is 11.8 Å². The Bertz CT molecular complexity index is 735. The van der Waals surface area contributed by atoms with E-state index in [1.165, 1.54) is 10.7 Å². The molecule has 7 nitrogen and oxygen atoms in total. The summed E-state index contributed by atoms with van der Waals surface area (Å²) in [5.41, 5.74) is 0.610. The highest BCUT2D eigenvalue weighted by Crippen LogP contribution is 2.21. The number of sulfonamides is 1. The number of benzene rings is 1. The van der Waals surface area contributed by atoms with E-state index >= 15 is 0 Å². The zero-order valence-electron chi connectivity index (χ0n) is 16.1. The third-order valence-corrected chi connectivity index (χ3v) is 6.97. The maximum atomic E-state index is 12.6. The second-order valence-corrected chi connectivity index (χ2v) is 9.67. The van der Waals surface area contributed by atoms with Gasteiger partial charge in [0.05, 0.1) is 24.7 Å². The van der Waals surface area contributed by atoms with Crippen LogP contribution in [0, 0.1) is 11.8 Å². The van der Waals surface area contributed by atoms with Gasteiger partial charge in [0, 0.05) is 31.9 Å². The number of anilines is 1. The van der Waals surface area contributed by atoms with Crippen LogP contribution in [0.15, 0.2) is 29.2 Å². The fraction of sp³-hybridized carbons (Fsp3) is 0.632. The Morgan fingerprint density at radius 3 is 2.30 bits per heavy atom. The van der Waals surface area contributed by atoms with Gasteiger partial charge in [0.1, 0.15) is 0 Å². The Morgan fingerprint density at radius 2 is 1.70 bits per heavy atom. The number of nitrogens with zero attached hydrogens (tertiary/aromatic N) is 2. The predicted molar refractivity (Wildman–Crippen MR) is 104 cm³/mol. The van der Waals surface area contributed by atoms with E-state index in [-0.39, 0.29) is 10.8 Å². The molecule has 1 aromatic carbocycles. The summed E-state index contributed by atoms with van der Waals surface area (Å²) in [4.78, 5) is 14.8. The van der Waals surface area contributed by atoms with Crippen molar-refractivity contribution in [3.05, 3.63) is 24.3 Å². The summed E-state index contributed by atoms with van der Waals surface area (Å²) in [7, 11) is -3.51.